The number of amides is 5. The highest BCUT2D eigenvalue weighted by Crippen LogP contribution is 2.45. The zero-order chi connectivity index (χ0) is 40.6. The summed E-state index contributed by atoms with van der Waals surface area (Å²) in [6, 6.07) is 1.82. The number of allylic oxidation sites excluding steroid dienone is 2. The number of benzene rings is 1. The van der Waals surface area contributed by atoms with Gasteiger partial charge >= 0.3 is 12.2 Å². The first-order valence-corrected chi connectivity index (χ1v) is 20.7. The molecule has 5 amide bonds. The van der Waals surface area contributed by atoms with E-state index in [2.05, 4.69) is 21.9 Å². The van der Waals surface area contributed by atoms with Crippen molar-refractivity contribution in [3.8, 4) is 0 Å². The molecule has 1 aromatic rings. The number of hydrogen-bond donors (Lipinski definition) is 3. The number of nitrogens with zero attached hydrogens (tertiary/aromatic N) is 2. The van der Waals surface area contributed by atoms with Gasteiger partial charge in [0.15, 0.2) is 5.78 Å². The molecule has 2 aliphatic heterocycles. The number of alkyl carbamates (subject to hydrolysis) is 1. The van der Waals surface area contributed by atoms with Crippen LogP contribution in [0.5, 0.6) is 0 Å². The molecular formula is C39H50FN5O10S. The van der Waals surface area contributed by atoms with Crippen LogP contribution in [0.1, 0.15) is 89.7 Å². The molecule has 15 nitrogen and oxygen atoms in total. The van der Waals surface area contributed by atoms with E-state index < -0.39 is 86.2 Å². The van der Waals surface area contributed by atoms with Crippen molar-refractivity contribution < 1.29 is 51.0 Å². The van der Waals surface area contributed by atoms with Crippen molar-refractivity contribution in [2.75, 3.05) is 6.54 Å². The van der Waals surface area contributed by atoms with Crippen LogP contribution in [0.3, 0.4) is 0 Å². The number of carbonyl (C=O) groups excluding carboxylic acids is 6. The van der Waals surface area contributed by atoms with Crippen molar-refractivity contribution in [3.63, 3.8) is 0 Å². The van der Waals surface area contributed by atoms with E-state index in [1.54, 1.807) is 26.8 Å². The standard InChI is InChI=1S/C39H50FN5O10S/c1-5-25-19-39(25,35(49)43-56(52,53)28-15-16-28)42-33(47)32-18-27(54-37(51)44-20-24-10-7-11-30(40)29(24)22-44)21-45(32)34(48)31(41-36(50)55-38(2,3)4)17-14-26(46)13-12-23-8-6-9-23/h5,7,10-13,23,25,27-28,31-32H,1,6,8-9,14-22H2,2-4H3,(H,41,50)(H,42,47)(H,43,49)/b13-12+/t25?,27-,31?,32+,39?/m1/s1. The molecular weight excluding hydrogens is 750 g/mol. The van der Waals surface area contributed by atoms with Crippen molar-refractivity contribution in [1.82, 2.24) is 25.2 Å². The van der Waals surface area contributed by atoms with E-state index in [1.807, 2.05) is 6.08 Å². The molecule has 5 atom stereocenters. The second-order valence-electron chi connectivity index (χ2n) is 16.4. The summed E-state index contributed by atoms with van der Waals surface area (Å²) >= 11 is 0. The summed E-state index contributed by atoms with van der Waals surface area (Å²) in [7, 11) is -3.97. The minimum absolute atomic E-state index is 0.0461. The minimum Gasteiger partial charge on any atom is -0.444 e. The number of sulfonamides is 1. The second-order valence-corrected chi connectivity index (χ2v) is 18.4. The lowest BCUT2D eigenvalue weighted by Gasteiger charge is -2.30. The molecule has 5 aliphatic rings. The molecule has 4 fully saturated rings. The van der Waals surface area contributed by atoms with Crippen LogP contribution in [0, 0.1) is 17.7 Å². The van der Waals surface area contributed by atoms with Gasteiger partial charge in [-0.25, -0.2) is 22.4 Å². The number of ketones is 1. The van der Waals surface area contributed by atoms with Crippen LogP contribution in [-0.2, 0) is 51.8 Å². The van der Waals surface area contributed by atoms with Crippen LogP contribution >= 0.6 is 0 Å². The van der Waals surface area contributed by atoms with Gasteiger partial charge in [-0.1, -0.05) is 30.7 Å². The molecule has 0 radical (unpaired) electrons. The Morgan fingerprint density at radius 3 is 2.43 bits per heavy atom. The van der Waals surface area contributed by atoms with Gasteiger partial charge in [0, 0.05) is 30.9 Å². The van der Waals surface area contributed by atoms with Crippen molar-refractivity contribution in [2.45, 2.75) is 126 Å². The number of halogens is 1. The van der Waals surface area contributed by atoms with Gasteiger partial charge in [-0.3, -0.25) is 28.8 Å². The number of hydrogen-bond acceptors (Lipinski definition) is 10. The molecule has 2 heterocycles. The third-order valence-corrected chi connectivity index (χ3v) is 12.7. The van der Waals surface area contributed by atoms with Crippen LogP contribution in [-0.4, -0.2) is 95.0 Å². The van der Waals surface area contributed by atoms with Crippen LogP contribution < -0.4 is 15.4 Å². The number of fused-ring (bicyclic) bond motifs is 1. The van der Waals surface area contributed by atoms with E-state index in [0.717, 1.165) is 24.2 Å². The Kier molecular flexibility index (Phi) is 11.7. The summed E-state index contributed by atoms with van der Waals surface area (Å²) in [6.45, 7) is 8.37. The largest absolute Gasteiger partial charge is 0.444 e. The number of ether oxygens (including phenoxy) is 2. The summed E-state index contributed by atoms with van der Waals surface area (Å²) in [6.07, 6.45) is 5.39. The average molecular weight is 800 g/mol. The fraction of sp³-hybridized carbons (Fsp3) is 0.590. The normalized spacial score (nSPS) is 25.1. The first-order chi connectivity index (χ1) is 26.4. The molecule has 1 aromatic carbocycles. The Labute approximate surface area is 325 Å². The van der Waals surface area contributed by atoms with Crippen molar-refractivity contribution in [2.24, 2.45) is 11.8 Å². The Balaban J connectivity index is 1.22. The summed E-state index contributed by atoms with van der Waals surface area (Å²) < 4.78 is 53.1. The van der Waals surface area contributed by atoms with E-state index in [9.17, 15) is 41.6 Å². The van der Waals surface area contributed by atoms with Crippen molar-refractivity contribution in [3.05, 3.63) is 60.0 Å². The lowest BCUT2D eigenvalue weighted by molar-refractivity contribution is -0.141. The Morgan fingerprint density at radius 2 is 1.82 bits per heavy atom. The smallest absolute Gasteiger partial charge is 0.410 e. The molecule has 3 saturated carbocycles. The molecule has 0 bridgehead atoms. The number of carbonyl (C=O) groups is 6. The average Bonchev–Trinajstić information content (AvgIpc) is 3.99. The number of likely N-dealkylation sites (tertiary alicyclic amines) is 1. The summed E-state index contributed by atoms with van der Waals surface area (Å²) in [5.41, 5.74) is -1.63. The van der Waals surface area contributed by atoms with Gasteiger partial charge in [0.05, 0.1) is 18.3 Å². The molecule has 3 aliphatic carbocycles. The highest BCUT2D eigenvalue weighted by molar-refractivity contribution is 7.91. The quantitative estimate of drug-likeness (QED) is 0.185. The van der Waals surface area contributed by atoms with E-state index >= 15 is 0 Å². The van der Waals surface area contributed by atoms with E-state index in [-0.39, 0.29) is 51.1 Å². The maximum atomic E-state index is 14.5. The fourth-order valence-electron chi connectivity index (χ4n) is 7.27. The molecule has 0 aromatic heterocycles. The van der Waals surface area contributed by atoms with Gasteiger partial charge in [-0.05, 0) is 82.9 Å². The van der Waals surface area contributed by atoms with Gasteiger partial charge in [0.1, 0.15) is 35.1 Å². The highest BCUT2D eigenvalue weighted by Gasteiger charge is 2.62. The van der Waals surface area contributed by atoms with Crippen LogP contribution in [0.2, 0.25) is 0 Å². The molecule has 3 N–H and O–H groups in total. The zero-order valence-corrected chi connectivity index (χ0v) is 32.7. The molecule has 3 unspecified atom stereocenters. The van der Waals surface area contributed by atoms with Crippen LogP contribution in [0.4, 0.5) is 14.0 Å². The van der Waals surface area contributed by atoms with E-state index in [4.69, 9.17) is 9.47 Å². The fourth-order valence-corrected chi connectivity index (χ4v) is 8.64. The highest BCUT2D eigenvalue weighted by atomic mass is 32.2. The van der Waals surface area contributed by atoms with E-state index in [0.29, 0.717) is 29.9 Å². The molecule has 6 rings (SSSR count). The molecule has 1 saturated heterocycles. The van der Waals surface area contributed by atoms with Gasteiger partial charge in [0.25, 0.3) is 5.91 Å². The van der Waals surface area contributed by atoms with Crippen LogP contribution in [0.15, 0.2) is 43.0 Å². The summed E-state index contributed by atoms with van der Waals surface area (Å²) in [5.74, 6) is -3.55. The first-order valence-electron chi connectivity index (χ1n) is 19.1. The monoisotopic (exact) mass is 799 g/mol. The van der Waals surface area contributed by atoms with Crippen molar-refractivity contribution in [1.29, 1.82) is 0 Å². The topological polar surface area (TPSA) is 198 Å². The number of nitrogens with one attached hydrogen (secondary N) is 3. The molecule has 56 heavy (non-hydrogen) atoms. The maximum absolute atomic E-state index is 14.5. The van der Waals surface area contributed by atoms with Gasteiger partial charge in [-0.2, -0.15) is 0 Å². The lowest BCUT2D eigenvalue weighted by Crippen LogP contribution is -2.58. The summed E-state index contributed by atoms with van der Waals surface area (Å²) in [5, 5.41) is 4.52. The Hall–Kier alpha value is -4.80. The third kappa shape index (κ3) is 9.41. The van der Waals surface area contributed by atoms with Crippen molar-refractivity contribution >= 4 is 45.7 Å². The third-order valence-electron chi connectivity index (χ3n) is 10.9. The Bertz CT molecular complexity index is 1920. The minimum atomic E-state index is -3.97. The van der Waals surface area contributed by atoms with E-state index in [1.165, 1.54) is 29.2 Å². The lowest BCUT2D eigenvalue weighted by atomic mass is 9.85. The van der Waals surface area contributed by atoms with Crippen LogP contribution in [0.25, 0.3) is 0 Å². The summed E-state index contributed by atoms with van der Waals surface area (Å²) in [4.78, 5) is 83.8. The second kappa shape index (κ2) is 16.0. The molecule has 17 heteroatoms. The Morgan fingerprint density at radius 1 is 1.09 bits per heavy atom. The number of rotatable bonds is 14. The SMILES string of the molecule is C=CC1CC1(NC(=O)[C@@H]1C[C@@H](OC(=O)N2Cc3cccc(F)c3C2)CN1C(=O)C(CCC(=O)/C=C/C1CCC1)NC(=O)OC(C)(C)C)C(=O)NS(=O)(=O)C1CC1. The molecule has 304 valence electrons. The van der Waals surface area contributed by atoms with Gasteiger partial charge in [0.2, 0.25) is 21.8 Å². The zero-order valence-electron chi connectivity index (χ0n) is 31.9. The molecule has 0 spiro atoms. The predicted molar refractivity (Wildman–Crippen MR) is 199 cm³/mol. The van der Waals surface area contributed by atoms with Gasteiger partial charge in [-0.15, -0.1) is 6.58 Å². The van der Waals surface area contributed by atoms with Gasteiger partial charge < -0.3 is 25.0 Å². The maximum Gasteiger partial charge on any atom is 0.410 e. The first kappa shape index (κ1) is 40.9. The predicted octanol–water partition coefficient (Wildman–Crippen LogP) is 3.52.